The number of nitrogens with zero attached hydrogens (tertiary/aromatic N) is 1. The van der Waals surface area contributed by atoms with E-state index in [-0.39, 0.29) is 0 Å². The maximum atomic E-state index is 12.4. The number of sulfonamides is 1. The first-order chi connectivity index (χ1) is 8.94. The van der Waals surface area contributed by atoms with E-state index < -0.39 is 10.0 Å². The molecule has 0 saturated heterocycles. The molecule has 0 aliphatic carbocycles. The van der Waals surface area contributed by atoms with Crippen LogP contribution in [-0.4, -0.2) is 20.4 Å². The summed E-state index contributed by atoms with van der Waals surface area (Å²) >= 11 is 1.25. The fourth-order valence-electron chi connectivity index (χ4n) is 1.96. The van der Waals surface area contributed by atoms with Crippen LogP contribution < -0.4 is 10.0 Å². The molecule has 0 spiro atoms. The molecule has 0 aliphatic rings. The predicted octanol–water partition coefficient (Wildman–Crippen LogP) is 2.60. The van der Waals surface area contributed by atoms with E-state index in [9.17, 15) is 8.42 Å². The van der Waals surface area contributed by atoms with Crippen LogP contribution in [-0.2, 0) is 10.0 Å². The average molecular weight is 297 g/mol. The van der Waals surface area contributed by atoms with Gasteiger partial charge in [0.2, 0.25) is 0 Å². The van der Waals surface area contributed by atoms with Crippen LogP contribution in [0, 0.1) is 13.8 Å². The van der Waals surface area contributed by atoms with Gasteiger partial charge in [-0.05, 0) is 37.1 Å². The zero-order valence-corrected chi connectivity index (χ0v) is 12.5. The second kappa shape index (κ2) is 5.18. The molecule has 0 amide bonds. The van der Waals surface area contributed by atoms with Crippen molar-refractivity contribution in [2.45, 2.75) is 18.7 Å². The summed E-state index contributed by atoms with van der Waals surface area (Å²) in [5, 5.41) is 5.10. The molecule has 0 saturated carbocycles. The van der Waals surface area contributed by atoms with E-state index in [2.05, 4.69) is 15.0 Å². The third-order valence-electron chi connectivity index (χ3n) is 2.67. The van der Waals surface area contributed by atoms with Gasteiger partial charge >= 0.3 is 0 Å². The summed E-state index contributed by atoms with van der Waals surface area (Å²) in [4.78, 5) is 4.24. The van der Waals surface area contributed by atoms with Gasteiger partial charge in [-0.3, -0.25) is 4.72 Å². The van der Waals surface area contributed by atoms with Gasteiger partial charge in [0.1, 0.15) is 0 Å². The third-order valence-corrected chi connectivity index (χ3v) is 5.13. The fraction of sp³-hybridized carbons (Fsp3) is 0.250. The molecule has 0 atom stereocenters. The smallest absolute Gasteiger partial charge is 0.264 e. The summed E-state index contributed by atoms with van der Waals surface area (Å²) in [6.45, 7) is 3.56. The molecule has 0 unspecified atom stereocenters. The zero-order valence-electron chi connectivity index (χ0n) is 10.9. The van der Waals surface area contributed by atoms with Crippen LogP contribution in [0.25, 0.3) is 0 Å². The lowest BCUT2D eigenvalue weighted by Crippen LogP contribution is -2.15. The van der Waals surface area contributed by atoms with Crippen molar-refractivity contribution >= 4 is 32.2 Å². The molecule has 7 heteroatoms. The first-order valence-electron chi connectivity index (χ1n) is 5.65. The summed E-state index contributed by atoms with van der Waals surface area (Å²) < 4.78 is 27.2. The van der Waals surface area contributed by atoms with Gasteiger partial charge in [-0.2, -0.15) is 0 Å². The van der Waals surface area contributed by atoms with Crippen LogP contribution in [0.1, 0.15) is 11.1 Å². The maximum absolute atomic E-state index is 12.4. The van der Waals surface area contributed by atoms with Crippen molar-refractivity contribution in [1.82, 2.24) is 4.98 Å². The van der Waals surface area contributed by atoms with E-state index in [4.69, 9.17) is 0 Å². The lowest BCUT2D eigenvalue weighted by molar-refractivity contribution is 0.600. The van der Waals surface area contributed by atoms with Gasteiger partial charge in [0.25, 0.3) is 10.0 Å². The Labute approximate surface area is 116 Å². The van der Waals surface area contributed by atoms with Gasteiger partial charge in [-0.25, -0.2) is 13.4 Å². The summed E-state index contributed by atoms with van der Waals surface area (Å²) in [5.41, 5.74) is 2.30. The van der Waals surface area contributed by atoms with Gasteiger partial charge in [0.05, 0.1) is 4.90 Å². The Morgan fingerprint density at radius 3 is 2.32 bits per heavy atom. The van der Waals surface area contributed by atoms with Gasteiger partial charge in [0.15, 0.2) is 5.13 Å². The summed E-state index contributed by atoms with van der Waals surface area (Å²) in [6, 6.07) is 3.62. The molecule has 2 N–H and O–H groups in total. The average Bonchev–Trinajstić information content (AvgIpc) is 2.79. The second-order valence-corrected chi connectivity index (χ2v) is 6.65. The number of anilines is 2. The molecule has 0 radical (unpaired) electrons. The van der Waals surface area contributed by atoms with Crippen molar-refractivity contribution in [3.8, 4) is 0 Å². The van der Waals surface area contributed by atoms with Gasteiger partial charge in [-0.15, -0.1) is 11.3 Å². The van der Waals surface area contributed by atoms with Crippen LogP contribution in [0.2, 0.25) is 0 Å². The van der Waals surface area contributed by atoms with E-state index in [1.165, 1.54) is 11.3 Å². The predicted molar refractivity (Wildman–Crippen MR) is 78.4 cm³/mol. The molecule has 0 aliphatic heterocycles. The van der Waals surface area contributed by atoms with E-state index in [0.717, 1.165) is 5.69 Å². The minimum absolute atomic E-state index is 0.307. The lowest BCUT2D eigenvalue weighted by atomic mass is 10.1. The molecular formula is C12H15N3O2S2. The Hall–Kier alpha value is -1.60. The van der Waals surface area contributed by atoms with E-state index in [1.807, 2.05) is 12.1 Å². The number of benzene rings is 1. The van der Waals surface area contributed by atoms with Crippen molar-refractivity contribution in [2.75, 3.05) is 17.1 Å². The summed E-state index contributed by atoms with van der Waals surface area (Å²) in [5.74, 6) is 0. The van der Waals surface area contributed by atoms with Crippen LogP contribution in [0.4, 0.5) is 10.8 Å². The van der Waals surface area contributed by atoms with Crippen LogP contribution in [0.5, 0.6) is 0 Å². The highest BCUT2D eigenvalue weighted by Crippen LogP contribution is 2.26. The summed E-state index contributed by atoms with van der Waals surface area (Å²) in [6.07, 6.45) is 1.56. The summed E-state index contributed by atoms with van der Waals surface area (Å²) in [7, 11) is -1.80. The first kappa shape index (κ1) is 13.8. The topological polar surface area (TPSA) is 71.1 Å². The van der Waals surface area contributed by atoms with E-state index in [1.54, 1.807) is 32.5 Å². The molecule has 5 nitrogen and oxygen atoms in total. The van der Waals surface area contributed by atoms with Crippen LogP contribution in [0.15, 0.2) is 28.6 Å². The quantitative estimate of drug-likeness (QED) is 0.910. The number of hydrogen-bond acceptors (Lipinski definition) is 5. The van der Waals surface area contributed by atoms with E-state index >= 15 is 0 Å². The normalized spacial score (nSPS) is 11.3. The van der Waals surface area contributed by atoms with Gasteiger partial charge < -0.3 is 5.32 Å². The Kier molecular flexibility index (Phi) is 3.77. The second-order valence-electron chi connectivity index (χ2n) is 4.13. The van der Waals surface area contributed by atoms with Gasteiger partial charge in [-0.1, -0.05) is 0 Å². The van der Waals surface area contributed by atoms with Crippen molar-refractivity contribution in [1.29, 1.82) is 0 Å². The molecule has 102 valence electrons. The molecule has 1 heterocycles. The van der Waals surface area contributed by atoms with Crippen molar-refractivity contribution in [2.24, 2.45) is 0 Å². The van der Waals surface area contributed by atoms with Crippen LogP contribution >= 0.6 is 11.3 Å². The molecule has 1 aromatic carbocycles. The molecule has 2 aromatic rings. The monoisotopic (exact) mass is 297 g/mol. The molecule has 1 aromatic heterocycles. The number of aryl methyl sites for hydroxylation is 2. The highest BCUT2D eigenvalue weighted by Gasteiger charge is 2.21. The number of aromatic nitrogens is 1. The van der Waals surface area contributed by atoms with Crippen molar-refractivity contribution in [3.05, 3.63) is 34.8 Å². The highest BCUT2D eigenvalue weighted by molar-refractivity contribution is 7.93. The largest absolute Gasteiger partial charge is 0.388 e. The first-order valence-corrected chi connectivity index (χ1v) is 8.01. The number of nitrogens with one attached hydrogen (secondary N) is 2. The standard InChI is InChI=1S/C12H15N3O2S2/c1-8-6-10(13-3)7-9(2)11(8)19(16,17)15-12-14-4-5-18-12/h4-7,13H,1-3H3,(H,14,15). The van der Waals surface area contributed by atoms with Gasteiger partial charge in [0, 0.05) is 24.3 Å². The molecule has 0 fully saturated rings. The third kappa shape index (κ3) is 2.87. The molecule has 2 rings (SSSR count). The Balaban J connectivity index is 2.46. The number of hydrogen-bond donors (Lipinski definition) is 2. The Morgan fingerprint density at radius 1 is 1.21 bits per heavy atom. The Morgan fingerprint density at radius 2 is 1.84 bits per heavy atom. The number of thiazole rings is 1. The van der Waals surface area contributed by atoms with Crippen LogP contribution in [0.3, 0.4) is 0 Å². The van der Waals surface area contributed by atoms with Crippen molar-refractivity contribution in [3.63, 3.8) is 0 Å². The highest BCUT2D eigenvalue weighted by atomic mass is 32.2. The number of rotatable bonds is 4. The fourth-order valence-corrected chi connectivity index (χ4v) is 4.20. The minimum atomic E-state index is -3.60. The zero-order chi connectivity index (χ0) is 14.0. The lowest BCUT2D eigenvalue weighted by Gasteiger charge is -2.13. The van der Waals surface area contributed by atoms with Crippen molar-refractivity contribution < 1.29 is 8.42 Å². The minimum Gasteiger partial charge on any atom is -0.388 e. The maximum Gasteiger partial charge on any atom is 0.264 e. The molecule has 0 bridgehead atoms. The SMILES string of the molecule is CNc1cc(C)c(S(=O)(=O)Nc2nccs2)c(C)c1. The molecular weight excluding hydrogens is 282 g/mol. The Bertz CT molecular complexity index is 656. The molecule has 19 heavy (non-hydrogen) atoms. The van der Waals surface area contributed by atoms with E-state index in [0.29, 0.717) is 21.2 Å².